The van der Waals surface area contributed by atoms with Crippen LogP contribution in [0.2, 0.25) is 0 Å². The molecule has 3 atom stereocenters. The third-order valence-electron chi connectivity index (χ3n) is 5.02. The molecule has 20 heavy (non-hydrogen) atoms. The van der Waals surface area contributed by atoms with Gasteiger partial charge < -0.3 is 10.0 Å². The molecule has 0 saturated heterocycles. The van der Waals surface area contributed by atoms with E-state index in [9.17, 15) is 18.3 Å². The Balaban J connectivity index is 2.74. The predicted octanol–water partition coefficient (Wildman–Crippen LogP) is 3.84. The van der Waals surface area contributed by atoms with Crippen molar-refractivity contribution in [3.8, 4) is 0 Å². The van der Waals surface area contributed by atoms with Crippen LogP contribution in [-0.2, 0) is 0 Å². The minimum atomic E-state index is -4.11. The Bertz CT molecular complexity index is 304. The average Bonchev–Trinajstić information content (AvgIpc) is 2.34. The Kier molecular flexibility index (Phi) is 5.90. The van der Waals surface area contributed by atoms with Crippen molar-refractivity contribution in [1.29, 1.82) is 0 Å². The van der Waals surface area contributed by atoms with Crippen molar-refractivity contribution in [2.75, 3.05) is 13.6 Å². The third-order valence-corrected chi connectivity index (χ3v) is 5.02. The van der Waals surface area contributed by atoms with Crippen LogP contribution in [0.1, 0.15) is 52.9 Å². The highest BCUT2D eigenvalue weighted by Crippen LogP contribution is 2.42. The average molecular weight is 295 g/mol. The molecule has 1 N–H and O–H groups in total. The molecular formula is C15H28F3NO. The molecule has 1 saturated carbocycles. The number of aliphatic hydroxyl groups excluding tert-OH is 1. The fourth-order valence-corrected chi connectivity index (χ4v) is 3.26. The number of alkyl halides is 3. The summed E-state index contributed by atoms with van der Waals surface area (Å²) in [4.78, 5) is 1.80. The molecule has 0 bridgehead atoms. The largest absolute Gasteiger partial charge is 0.393 e. The smallest absolute Gasteiger partial charge is 0.390 e. The van der Waals surface area contributed by atoms with Gasteiger partial charge in [-0.05, 0) is 37.6 Å². The maximum atomic E-state index is 12.4. The third kappa shape index (κ3) is 4.92. The molecule has 1 aliphatic rings. The number of hydrogen-bond donors (Lipinski definition) is 1. The van der Waals surface area contributed by atoms with E-state index in [2.05, 4.69) is 20.8 Å². The van der Waals surface area contributed by atoms with Crippen LogP contribution in [0, 0.1) is 11.3 Å². The molecule has 0 heterocycles. The van der Waals surface area contributed by atoms with Gasteiger partial charge in [-0.2, -0.15) is 13.2 Å². The number of halogens is 3. The van der Waals surface area contributed by atoms with Crippen LogP contribution in [0.4, 0.5) is 13.2 Å². The van der Waals surface area contributed by atoms with Crippen LogP contribution in [0.5, 0.6) is 0 Å². The van der Waals surface area contributed by atoms with Gasteiger partial charge in [0.2, 0.25) is 0 Å². The highest BCUT2D eigenvalue weighted by atomic mass is 19.4. The van der Waals surface area contributed by atoms with Crippen molar-refractivity contribution >= 4 is 0 Å². The first-order valence-electron chi connectivity index (χ1n) is 7.52. The first-order chi connectivity index (χ1) is 9.07. The molecule has 0 aromatic carbocycles. The minimum absolute atomic E-state index is 0.0111. The Hall–Kier alpha value is -0.290. The normalized spacial score (nSPS) is 28.9. The van der Waals surface area contributed by atoms with E-state index in [-0.39, 0.29) is 24.1 Å². The van der Waals surface area contributed by atoms with Gasteiger partial charge in [-0.3, -0.25) is 0 Å². The van der Waals surface area contributed by atoms with Gasteiger partial charge in [0.15, 0.2) is 0 Å². The van der Waals surface area contributed by atoms with E-state index in [1.807, 2.05) is 0 Å². The van der Waals surface area contributed by atoms with Crippen molar-refractivity contribution in [3.63, 3.8) is 0 Å². The lowest BCUT2D eigenvalue weighted by Crippen LogP contribution is -2.49. The molecule has 5 heteroatoms. The maximum Gasteiger partial charge on any atom is 0.390 e. The summed E-state index contributed by atoms with van der Waals surface area (Å²) < 4.78 is 37.1. The number of aliphatic hydroxyl groups is 1. The van der Waals surface area contributed by atoms with Gasteiger partial charge in [-0.1, -0.05) is 27.2 Å². The molecule has 2 nitrogen and oxygen atoms in total. The van der Waals surface area contributed by atoms with Crippen LogP contribution in [0.25, 0.3) is 0 Å². The summed E-state index contributed by atoms with van der Waals surface area (Å²) in [6, 6.07) is 0.0380. The molecule has 1 fully saturated rings. The lowest BCUT2D eigenvalue weighted by Gasteiger charge is -2.47. The molecule has 120 valence electrons. The van der Waals surface area contributed by atoms with Crippen molar-refractivity contribution in [2.24, 2.45) is 11.3 Å². The number of hydrogen-bond acceptors (Lipinski definition) is 2. The monoisotopic (exact) mass is 295 g/mol. The van der Waals surface area contributed by atoms with E-state index in [0.29, 0.717) is 12.3 Å². The summed E-state index contributed by atoms with van der Waals surface area (Å²) in [7, 11) is 1.76. The molecule has 0 radical (unpaired) electrons. The maximum absolute atomic E-state index is 12.4. The summed E-state index contributed by atoms with van der Waals surface area (Å²) in [5.41, 5.74) is 0.0945. The molecular weight excluding hydrogens is 267 g/mol. The molecule has 0 aromatic heterocycles. The minimum Gasteiger partial charge on any atom is -0.393 e. The Morgan fingerprint density at radius 1 is 1.20 bits per heavy atom. The highest BCUT2D eigenvalue weighted by molar-refractivity contribution is 4.92. The second kappa shape index (κ2) is 6.65. The zero-order valence-electron chi connectivity index (χ0n) is 13.0. The standard InChI is InChI=1S/C15H28F3NO/c1-5-14(2,3)12-7-6-11(20)10-13(12)19(4)9-8-15(16,17)18/h11-13,20H,5-10H2,1-4H3. The van der Waals surface area contributed by atoms with Crippen molar-refractivity contribution < 1.29 is 18.3 Å². The van der Waals surface area contributed by atoms with Gasteiger partial charge in [0.05, 0.1) is 12.5 Å². The van der Waals surface area contributed by atoms with E-state index >= 15 is 0 Å². The first-order valence-corrected chi connectivity index (χ1v) is 7.52. The zero-order valence-corrected chi connectivity index (χ0v) is 13.0. The van der Waals surface area contributed by atoms with E-state index in [0.717, 1.165) is 19.3 Å². The fraction of sp³-hybridized carbons (Fsp3) is 1.00. The van der Waals surface area contributed by atoms with Crippen molar-refractivity contribution in [1.82, 2.24) is 4.90 Å². The SMILES string of the molecule is CCC(C)(C)C1CCC(O)CC1N(C)CCC(F)(F)F. The molecule has 0 aromatic rings. The van der Waals surface area contributed by atoms with Crippen molar-refractivity contribution in [3.05, 3.63) is 0 Å². The second-order valence-corrected chi connectivity index (χ2v) is 6.83. The fourth-order valence-electron chi connectivity index (χ4n) is 3.26. The molecule has 0 aliphatic heterocycles. The van der Waals surface area contributed by atoms with Crippen molar-refractivity contribution in [2.45, 2.75) is 71.2 Å². The summed E-state index contributed by atoms with van der Waals surface area (Å²) in [5.74, 6) is 0.342. The van der Waals surface area contributed by atoms with Gasteiger partial charge in [0.25, 0.3) is 0 Å². The Morgan fingerprint density at radius 2 is 1.80 bits per heavy atom. The van der Waals surface area contributed by atoms with Gasteiger partial charge in [-0.25, -0.2) is 0 Å². The van der Waals surface area contributed by atoms with Gasteiger partial charge in [0.1, 0.15) is 0 Å². The van der Waals surface area contributed by atoms with Crippen LogP contribution < -0.4 is 0 Å². The van der Waals surface area contributed by atoms with Gasteiger partial charge in [-0.15, -0.1) is 0 Å². The number of nitrogens with zero attached hydrogens (tertiary/aromatic N) is 1. The lowest BCUT2D eigenvalue weighted by atomic mass is 9.66. The zero-order chi connectivity index (χ0) is 15.6. The van der Waals surface area contributed by atoms with Crippen LogP contribution in [0.15, 0.2) is 0 Å². The second-order valence-electron chi connectivity index (χ2n) is 6.83. The topological polar surface area (TPSA) is 23.5 Å². The molecule has 0 amide bonds. The Labute approximate surface area is 120 Å². The number of rotatable bonds is 5. The van der Waals surface area contributed by atoms with Crippen LogP contribution in [0.3, 0.4) is 0 Å². The van der Waals surface area contributed by atoms with E-state index < -0.39 is 12.6 Å². The summed E-state index contributed by atoms with van der Waals surface area (Å²) in [6.45, 7) is 6.49. The summed E-state index contributed by atoms with van der Waals surface area (Å²) >= 11 is 0. The summed E-state index contributed by atoms with van der Waals surface area (Å²) in [5, 5.41) is 9.86. The quantitative estimate of drug-likeness (QED) is 0.833. The van der Waals surface area contributed by atoms with Crippen LogP contribution in [-0.4, -0.2) is 41.9 Å². The van der Waals surface area contributed by atoms with E-state index in [4.69, 9.17) is 0 Å². The van der Waals surface area contributed by atoms with Gasteiger partial charge >= 0.3 is 6.18 Å². The molecule has 0 spiro atoms. The van der Waals surface area contributed by atoms with E-state index in [1.165, 1.54) is 0 Å². The molecule has 3 unspecified atom stereocenters. The molecule has 1 rings (SSSR count). The van der Waals surface area contributed by atoms with E-state index in [1.54, 1.807) is 11.9 Å². The lowest BCUT2D eigenvalue weighted by molar-refractivity contribution is -0.140. The summed E-state index contributed by atoms with van der Waals surface area (Å²) in [6.07, 6.45) is -2.04. The highest BCUT2D eigenvalue weighted by Gasteiger charge is 2.41. The predicted molar refractivity (Wildman–Crippen MR) is 74.5 cm³/mol. The van der Waals surface area contributed by atoms with Crippen LogP contribution >= 0.6 is 0 Å². The van der Waals surface area contributed by atoms with Gasteiger partial charge in [0, 0.05) is 12.6 Å². The Morgan fingerprint density at radius 3 is 2.30 bits per heavy atom. The molecule has 1 aliphatic carbocycles. The first kappa shape index (κ1) is 17.8.